The molecule has 4 heterocycles. The van der Waals surface area contributed by atoms with Crippen molar-refractivity contribution >= 4 is 43.9 Å². The van der Waals surface area contributed by atoms with Crippen molar-refractivity contribution < 1.29 is 8.42 Å². The maximum absolute atomic E-state index is 13.4. The molecule has 0 saturated carbocycles. The van der Waals surface area contributed by atoms with Crippen LogP contribution in [0.15, 0.2) is 70.9 Å². The second-order valence-corrected chi connectivity index (χ2v) is 11.7. The van der Waals surface area contributed by atoms with E-state index in [0.29, 0.717) is 24.5 Å². The van der Waals surface area contributed by atoms with Crippen LogP contribution in [0.1, 0.15) is 12.5 Å². The maximum Gasteiger partial charge on any atom is 0.243 e. The van der Waals surface area contributed by atoms with Gasteiger partial charge in [-0.05, 0) is 49.6 Å². The molecular weight excluding hydrogens is 480 g/mol. The molecule has 10 heteroatoms. The lowest BCUT2D eigenvalue weighted by atomic mass is 10.2. The van der Waals surface area contributed by atoms with E-state index in [1.165, 1.54) is 0 Å². The zero-order valence-corrected chi connectivity index (χ0v) is 21.0. The van der Waals surface area contributed by atoms with Crippen LogP contribution in [-0.4, -0.2) is 58.0 Å². The fourth-order valence-corrected chi connectivity index (χ4v) is 6.98. The summed E-state index contributed by atoms with van der Waals surface area (Å²) >= 11 is 1.60. The molecule has 2 aromatic carbocycles. The Morgan fingerprint density at radius 2 is 1.77 bits per heavy atom. The molecule has 5 aromatic rings. The van der Waals surface area contributed by atoms with Crippen LogP contribution in [0.4, 0.5) is 5.95 Å². The van der Waals surface area contributed by atoms with Gasteiger partial charge in [0, 0.05) is 31.1 Å². The predicted molar refractivity (Wildman–Crippen MR) is 138 cm³/mol. The van der Waals surface area contributed by atoms with Gasteiger partial charge < -0.3 is 4.90 Å². The highest BCUT2D eigenvalue weighted by Gasteiger charge is 2.35. The molecule has 3 aromatic heterocycles. The molecule has 1 unspecified atom stereocenters. The molecule has 0 aliphatic carbocycles. The zero-order chi connectivity index (χ0) is 24.2. The van der Waals surface area contributed by atoms with E-state index in [-0.39, 0.29) is 6.04 Å². The van der Waals surface area contributed by atoms with Gasteiger partial charge in [-0.25, -0.2) is 17.8 Å². The number of anilines is 1. The lowest BCUT2D eigenvalue weighted by Crippen LogP contribution is -2.54. The zero-order valence-electron chi connectivity index (χ0n) is 19.4. The van der Waals surface area contributed by atoms with E-state index in [0.717, 1.165) is 38.8 Å². The molecule has 1 saturated heterocycles. The molecule has 178 valence electrons. The number of hydrogen-bond donors (Lipinski definition) is 0. The molecule has 0 bridgehead atoms. The lowest BCUT2D eigenvalue weighted by molar-refractivity contribution is 0.304. The number of fused-ring (bicyclic) bond motifs is 3. The van der Waals surface area contributed by atoms with Gasteiger partial charge in [0.05, 0.1) is 15.3 Å². The minimum absolute atomic E-state index is 0.236. The number of nitrogens with zero attached hydrogens (tertiary/aromatic N) is 6. The van der Waals surface area contributed by atoms with Crippen LogP contribution < -0.4 is 4.90 Å². The Balaban J connectivity index is 1.41. The molecule has 0 N–H and O–H groups in total. The molecular formula is C25H24N6O2S2. The van der Waals surface area contributed by atoms with Crippen LogP contribution in [0.25, 0.3) is 27.3 Å². The van der Waals surface area contributed by atoms with Gasteiger partial charge in [-0.2, -0.15) is 4.31 Å². The largest absolute Gasteiger partial charge is 0.339 e. The fourth-order valence-electron chi connectivity index (χ4n) is 4.67. The smallest absolute Gasteiger partial charge is 0.243 e. The molecule has 1 fully saturated rings. The maximum atomic E-state index is 13.4. The first-order valence-corrected chi connectivity index (χ1v) is 13.8. The van der Waals surface area contributed by atoms with Crippen molar-refractivity contribution in [2.24, 2.45) is 0 Å². The van der Waals surface area contributed by atoms with Gasteiger partial charge in [0.15, 0.2) is 11.5 Å². The Morgan fingerprint density at radius 1 is 0.971 bits per heavy atom. The molecule has 1 aliphatic heterocycles. The number of benzene rings is 2. The molecule has 0 spiro atoms. The number of aryl methyl sites for hydroxylation is 1. The fraction of sp³-hybridized carbons (Fsp3) is 0.240. The highest BCUT2D eigenvalue weighted by atomic mass is 32.2. The van der Waals surface area contributed by atoms with Crippen molar-refractivity contribution in [2.75, 3.05) is 24.5 Å². The minimum atomic E-state index is -3.59. The third-order valence-electron chi connectivity index (χ3n) is 6.45. The number of sulfonamides is 1. The number of aromatic nitrogens is 4. The first-order valence-electron chi connectivity index (χ1n) is 11.4. The van der Waals surface area contributed by atoms with Gasteiger partial charge in [0.1, 0.15) is 0 Å². The second kappa shape index (κ2) is 8.40. The second-order valence-electron chi connectivity index (χ2n) is 8.81. The Bertz CT molecular complexity index is 1630. The molecule has 0 radical (unpaired) electrons. The number of piperazine rings is 1. The minimum Gasteiger partial charge on any atom is -0.339 e. The quantitative estimate of drug-likeness (QED) is 0.365. The third kappa shape index (κ3) is 3.69. The molecule has 0 amide bonds. The summed E-state index contributed by atoms with van der Waals surface area (Å²) in [6, 6.07) is 18.7. The average molecular weight is 505 g/mol. The number of hydrogen-bond acceptors (Lipinski definition) is 7. The first-order chi connectivity index (χ1) is 16.9. The Morgan fingerprint density at radius 3 is 2.51 bits per heavy atom. The van der Waals surface area contributed by atoms with Crippen molar-refractivity contribution in [3.63, 3.8) is 0 Å². The molecule has 8 nitrogen and oxygen atoms in total. The van der Waals surface area contributed by atoms with E-state index in [9.17, 15) is 8.42 Å². The topological polar surface area (TPSA) is 83.7 Å². The highest BCUT2D eigenvalue weighted by molar-refractivity contribution is 7.89. The monoisotopic (exact) mass is 504 g/mol. The van der Waals surface area contributed by atoms with Crippen LogP contribution in [0.2, 0.25) is 0 Å². The Kier molecular flexibility index (Phi) is 5.32. The van der Waals surface area contributed by atoms with E-state index in [1.54, 1.807) is 27.8 Å². The van der Waals surface area contributed by atoms with E-state index in [1.807, 2.05) is 72.2 Å². The molecule has 1 aliphatic rings. The van der Waals surface area contributed by atoms with Crippen LogP contribution in [-0.2, 0) is 10.0 Å². The van der Waals surface area contributed by atoms with Crippen LogP contribution in [0, 0.1) is 6.92 Å². The van der Waals surface area contributed by atoms with E-state index in [4.69, 9.17) is 4.98 Å². The SMILES string of the molecule is Cc1ccc(S(=O)(=O)N2CCN(c3nc4ccccc4c4nnc(-c5cccs5)n34)CC2C)cc1. The van der Waals surface area contributed by atoms with Gasteiger partial charge in [-0.3, -0.25) is 0 Å². The van der Waals surface area contributed by atoms with Crippen LogP contribution in [0.3, 0.4) is 0 Å². The number of rotatable bonds is 4. The average Bonchev–Trinajstić information content (AvgIpc) is 3.54. The predicted octanol–water partition coefficient (Wildman–Crippen LogP) is 4.21. The van der Waals surface area contributed by atoms with Crippen LogP contribution in [0.5, 0.6) is 0 Å². The van der Waals surface area contributed by atoms with E-state index < -0.39 is 10.0 Å². The van der Waals surface area contributed by atoms with Gasteiger partial charge >= 0.3 is 0 Å². The summed E-state index contributed by atoms with van der Waals surface area (Å²) in [5.41, 5.74) is 2.61. The summed E-state index contributed by atoms with van der Waals surface area (Å²) in [7, 11) is -3.59. The van der Waals surface area contributed by atoms with Gasteiger partial charge in [0.25, 0.3) is 0 Å². The van der Waals surface area contributed by atoms with Crippen LogP contribution >= 0.6 is 11.3 Å². The normalized spacial score (nSPS) is 17.4. The Labute approximate surface area is 207 Å². The summed E-state index contributed by atoms with van der Waals surface area (Å²) in [6.07, 6.45) is 0. The summed E-state index contributed by atoms with van der Waals surface area (Å²) in [5, 5.41) is 12.0. The van der Waals surface area contributed by atoms with Gasteiger partial charge in [0.2, 0.25) is 16.0 Å². The van der Waals surface area contributed by atoms with Crippen molar-refractivity contribution in [1.29, 1.82) is 0 Å². The van der Waals surface area contributed by atoms with Crippen molar-refractivity contribution in [1.82, 2.24) is 23.9 Å². The highest BCUT2D eigenvalue weighted by Crippen LogP contribution is 2.32. The van der Waals surface area contributed by atoms with Crippen molar-refractivity contribution in [3.05, 3.63) is 71.6 Å². The van der Waals surface area contributed by atoms with Crippen molar-refractivity contribution in [2.45, 2.75) is 24.8 Å². The summed E-state index contributed by atoms with van der Waals surface area (Å²) < 4.78 is 30.4. The standard InChI is InChI=1S/C25H24N6O2S2/c1-17-9-11-19(12-10-17)35(32,33)30-14-13-29(16-18(30)2)25-26-21-7-4-3-6-20(21)23-27-28-24(31(23)25)22-8-5-15-34-22/h3-12,15,18H,13-14,16H2,1-2H3. The molecule has 6 rings (SSSR count). The Hall–Kier alpha value is -3.34. The van der Waals surface area contributed by atoms with E-state index >= 15 is 0 Å². The molecule has 1 atom stereocenters. The lowest BCUT2D eigenvalue weighted by Gasteiger charge is -2.39. The van der Waals surface area contributed by atoms with Gasteiger partial charge in [-0.1, -0.05) is 35.9 Å². The summed E-state index contributed by atoms with van der Waals surface area (Å²) in [5.74, 6) is 1.47. The van der Waals surface area contributed by atoms with Gasteiger partial charge in [-0.15, -0.1) is 21.5 Å². The van der Waals surface area contributed by atoms with E-state index in [2.05, 4.69) is 15.1 Å². The summed E-state index contributed by atoms with van der Waals surface area (Å²) in [6.45, 7) is 5.28. The number of para-hydroxylation sites is 1. The third-order valence-corrected chi connectivity index (χ3v) is 9.34. The molecule has 35 heavy (non-hydrogen) atoms. The number of thiophene rings is 1. The van der Waals surface area contributed by atoms with Crippen molar-refractivity contribution in [3.8, 4) is 10.7 Å². The first kappa shape index (κ1) is 22.1. The summed E-state index contributed by atoms with van der Waals surface area (Å²) in [4.78, 5) is 8.48.